The number of allylic oxidation sites excluding steroid dienone is 4. The second-order valence-corrected chi connectivity index (χ2v) is 16.8. The first-order valence-corrected chi connectivity index (χ1v) is 21.5. The van der Waals surface area contributed by atoms with Crippen LogP contribution < -0.4 is 30.7 Å². The van der Waals surface area contributed by atoms with Gasteiger partial charge in [0.25, 0.3) is 11.8 Å². The van der Waals surface area contributed by atoms with E-state index < -0.39 is 29.7 Å². The lowest BCUT2D eigenvalue weighted by atomic mass is 9.74. The number of anilines is 1. The molecule has 0 aromatic heterocycles. The number of nitrogens with one attached hydrogen (secondary N) is 2. The highest BCUT2D eigenvalue weighted by atomic mass is 16.5. The maximum absolute atomic E-state index is 13.5. The van der Waals surface area contributed by atoms with E-state index in [1.807, 2.05) is 49.3 Å². The third-order valence-corrected chi connectivity index (χ3v) is 12.3. The molecule has 342 valence electrons. The SMILES string of the molecule is C=c1ccc2c(c1)Oc1cc(N(C)C)ccc1C=2c1ccc(C(=O)NCc2ccc(C(=O)NCC3=C4Cc5cc(O)ccc5C(c5ccc(C(=O)O)cc5C(=O)O)=C4C=CC3=O)cc2)cc1C(=O)O. The molecule has 6 aromatic carbocycles. The maximum Gasteiger partial charge on any atom is 0.336 e. The molecule has 0 fully saturated rings. The number of fused-ring (bicyclic) bond motifs is 4. The number of rotatable bonds is 12. The van der Waals surface area contributed by atoms with E-state index >= 15 is 0 Å². The Balaban J connectivity index is 0.927. The molecule has 6 N–H and O–H groups in total. The first-order valence-electron chi connectivity index (χ1n) is 21.5. The molecule has 0 radical (unpaired) electrons. The van der Waals surface area contributed by atoms with Gasteiger partial charge in [-0.2, -0.15) is 0 Å². The predicted octanol–water partition coefficient (Wildman–Crippen LogP) is 6.47. The molecule has 3 aliphatic rings. The number of carboxylic acid groups (broad SMARTS) is 3. The van der Waals surface area contributed by atoms with Crippen LogP contribution in [-0.2, 0) is 17.8 Å². The number of phenolic OH excluding ortho intramolecular Hbond substituents is 1. The third-order valence-electron chi connectivity index (χ3n) is 12.3. The summed E-state index contributed by atoms with van der Waals surface area (Å²) in [6.07, 6.45) is 3.09. The number of hydrogen-bond donors (Lipinski definition) is 6. The lowest BCUT2D eigenvalue weighted by molar-refractivity contribution is -0.111. The van der Waals surface area contributed by atoms with E-state index in [9.17, 15) is 49.2 Å². The highest BCUT2D eigenvalue weighted by Crippen LogP contribution is 2.44. The van der Waals surface area contributed by atoms with Gasteiger partial charge in [0.1, 0.15) is 17.2 Å². The molecule has 0 saturated carbocycles. The Bertz CT molecular complexity index is 3490. The molecule has 9 rings (SSSR count). The Morgan fingerprint density at radius 2 is 1.25 bits per heavy atom. The van der Waals surface area contributed by atoms with Crippen molar-refractivity contribution in [3.63, 3.8) is 0 Å². The molecule has 0 atom stereocenters. The number of nitrogens with zero attached hydrogens (tertiary/aromatic N) is 1. The van der Waals surface area contributed by atoms with Crippen molar-refractivity contribution in [2.24, 2.45) is 0 Å². The van der Waals surface area contributed by atoms with Crippen LogP contribution in [0.1, 0.15) is 85.2 Å². The first kappa shape index (κ1) is 44.9. The van der Waals surface area contributed by atoms with Crippen LogP contribution in [0.15, 0.2) is 144 Å². The number of carbonyl (C=O) groups is 6. The van der Waals surface area contributed by atoms with E-state index in [1.54, 1.807) is 54.6 Å². The van der Waals surface area contributed by atoms with Crippen molar-refractivity contribution in [1.29, 1.82) is 0 Å². The minimum atomic E-state index is -1.36. The number of hydrogen-bond acceptors (Lipinski definition) is 9. The summed E-state index contributed by atoms with van der Waals surface area (Å²) >= 11 is 0. The van der Waals surface area contributed by atoms with Crippen molar-refractivity contribution in [3.05, 3.63) is 216 Å². The Hall–Kier alpha value is -9.30. The molecule has 2 amide bonds. The van der Waals surface area contributed by atoms with Gasteiger partial charge >= 0.3 is 17.9 Å². The van der Waals surface area contributed by atoms with E-state index in [0.29, 0.717) is 66.8 Å². The minimum absolute atomic E-state index is 0.0512. The first-order chi connectivity index (χ1) is 33.1. The lowest BCUT2D eigenvalue weighted by Gasteiger charge is -2.29. The fraction of sp³-hybridized carbons (Fsp3) is 0.0909. The van der Waals surface area contributed by atoms with Crippen LogP contribution in [0.3, 0.4) is 0 Å². The molecule has 0 spiro atoms. The van der Waals surface area contributed by atoms with E-state index in [0.717, 1.165) is 17.0 Å². The fourth-order valence-corrected chi connectivity index (χ4v) is 8.87. The summed E-state index contributed by atoms with van der Waals surface area (Å²) in [5, 5.41) is 47.7. The highest BCUT2D eigenvalue weighted by Gasteiger charge is 2.32. The average molecular weight is 920 g/mol. The lowest BCUT2D eigenvalue weighted by Crippen LogP contribution is -2.30. The summed E-state index contributed by atoms with van der Waals surface area (Å²) in [5.41, 5.74) is 6.18. The number of amides is 2. The third kappa shape index (κ3) is 8.53. The Morgan fingerprint density at radius 1 is 0.623 bits per heavy atom. The van der Waals surface area contributed by atoms with E-state index in [-0.39, 0.29) is 70.0 Å². The Labute approximate surface area is 393 Å². The standard InChI is InChI=1S/C55H41N3O11/c1-28-4-13-40-47(20-28)69-48-25-34(58(2)3)11-16-41(48)50(40)39-14-9-31(22-43(39)54(65)66)52(62)56-26-29-5-7-30(8-6-29)51(61)57-27-45-42-24-33-21-35(59)12-17-36(33)49(37(42)18-19-46(45)60)38-15-10-32(53(63)64)23-44(38)55(67)68/h4-23,25,59H,1,24,26-27H2,2-3H3,(H,56,62)(H,57,61)(H,63,64)(H,65,66)(H,67,68). The molecule has 1 heterocycles. The number of aromatic carboxylic acids is 3. The van der Waals surface area contributed by atoms with Crippen molar-refractivity contribution < 1.29 is 53.9 Å². The van der Waals surface area contributed by atoms with Gasteiger partial charge in [0.2, 0.25) is 0 Å². The summed E-state index contributed by atoms with van der Waals surface area (Å²) in [4.78, 5) is 79.5. The van der Waals surface area contributed by atoms with Crippen LogP contribution >= 0.6 is 0 Å². The zero-order valence-electron chi connectivity index (χ0n) is 37.0. The monoisotopic (exact) mass is 919 g/mol. The molecular formula is C55H41N3O11. The molecule has 0 unspecified atom stereocenters. The average Bonchev–Trinajstić information content (AvgIpc) is 3.33. The van der Waals surface area contributed by atoms with Gasteiger partial charge in [-0.3, -0.25) is 14.4 Å². The molecule has 0 bridgehead atoms. The van der Waals surface area contributed by atoms with Gasteiger partial charge in [-0.15, -0.1) is 0 Å². The molecule has 14 heteroatoms. The summed E-state index contributed by atoms with van der Waals surface area (Å²) in [7, 11) is 3.82. The van der Waals surface area contributed by atoms with Crippen LogP contribution in [0.2, 0.25) is 0 Å². The van der Waals surface area contributed by atoms with Crippen molar-refractivity contribution in [3.8, 4) is 17.2 Å². The predicted molar refractivity (Wildman–Crippen MR) is 256 cm³/mol. The molecule has 0 saturated heterocycles. The van der Waals surface area contributed by atoms with E-state index in [4.69, 9.17) is 4.74 Å². The Kier molecular flexibility index (Phi) is 11.6. The van der Waals surface area contributed by atoms with Crippen LogP contribution in [0.4, 0.5) is 5.69 Å². The van der Waals surface area contributed by atoms with Gasteiger partial charge in [0, 0.05) is 72.0 Å². The Morgan fingerprint density at radius 3 is 1.94 bits per heavy atom. The van der Waals surface area contributed by atoms with Crippen molar-refractivity contribution in [2.45, 2.75) is 13.0 Å². The van der Waals surface area contributed by atoms with Gasteiger partial charge in [-0.25, -0.2) is 14.4 Å². The van der Waals surface area contributed by atoms with Crippen LogP contribution in [0, 0.1) is 0 Å². The van der Waals surface area contributed by atoms with Gasteiger partial charge in [0.15, 0.2) is 5.78 Å². The van der Waals surface area contributed by atoms with Gasteiger partial charge in [-0.1, -0.05) is 55.1 Å². The fourth-order valence-electron chi connectivity index (χ4n) is 8.87. The zero-order valence-corrected chi connectivity index (χ0v) is 37.0. The summed E-state index contributed by atoms with van der Waals surface area (Å²) in [6, 6.07) is 30.5. The quantitative estimate of drug-likeness (QED) is 0.0777. The van der Waals surface area contributed by atoms with Crippen molar-refractivity contribution in [1.82, 2.24) is 10.6 Å². The van der Waals surface area contributed by atoms with E-state index in [2.05, 4.69) is 17.2 Å². The normalized spacial score (nSPS) is 13.4. The van der Waals surface area contributed by atoms with Gasteiger partial charge in [-0.05, 0) is 129 Å². The van der Waals surface area contributed by atoms with Crippen molar-refractivity contribution in [2.75, 3.05) is 25.5 Å². The second kappa shape index (κ2) is 17.8. The van der Waals surface area contributed by atoms with Gasteiger partial charge in [0.05, 0.1) is 16.7 Å². The number of aromatic hydroxyl groups is 1. The summed E-state index contributed by atoms with van der Waals surface area (Å²) < 4.78 is 6.29. The van der Waals surface area contributed by atoms with Gasteiger partial charge < -0.3 is 40.7 Å². The summed E-state index contributed by atoms with van der Waals surface area (Å²) in [5.74, 6) is -4.25. The number of carbonyl (C=O) groups excluding carboxylic acids is 3. The molecule has 2 aliphatic carbocycles. The molecular weight excluding hydrogens is 879 g/mol. The number of phenols is 1. The van der Waals surface area contributed by atoms with Crippen molar-refractivity contribution >= 4 is 58.9 Å². The number of benzene rings is 6. The zero-order chi connectivity index (χ0) is 48.8. The topological polar surface area (TPSA) is 220 Å². The molecule has 6 aromatic rings. The van der Waals surface area contributed by atoms with E-state index in [1.165, 1.54) is 36.4 Å². The molecule has 14 nitrogen and oxygen atoms in total. The van der Waals surface area contributed by atoms with Crippen LogP contribution in [0.5, 0.6) is 17.2 Å². The highest BCUT2D eigenvalue weighted by molar-refractivity contribution is 6.11. The van der Waals surface area contributed by atoms with Crippen LogP contribution in [-0.4, -0.2) is 76.6 Å². The number of ketones is 1. The largest absolute Gasteiger partial charge is 0.508 e. The smallest absolute Gasteiger partial charge is 0.336 e. The maximum atomic E-state index is 13.5. The number of ether oxygens (including phenoxy) is 1. The molecule has 69 heavy (non-hydrogen) atoms. The molecule has 1 aliphatic heterocycles. The minimum Gasteiger partial charge on any atom is -0.508 e. The number of carboxylic acids is 3. The summed E-state index contributed by atoms with van der Waals surface area (Å²) in [6.45, 7) is 3.88. The van der Waals surface area contributed by atoms with Crippen LogP contribution in [0.25, 0.3) is 17.7 Å². The second-order valence-electron chi connectivity index (χ2n) is 16.8.